The molecule has 3 aromatic rings. The number of fused-ring (bicyclic) bond motifs is 1. The standard InChI is InChI=1S/C16H13N3O5/c1-2-23-16(22)19-9-4-3-5-10(20)14(9)12-6-11(21)15-13(24-12)7-17-8-18-15/h3-8,20H,2H2,1H3,(H,19,22). The summed E-state index contributed by atoms with van der Waals surface area (Å²) < 4.78 is 10.4. The molecule has 8 nitrogen and oxygen atoms in total. The Balaban J connectivity index is 2.15. The van der Waals surface area contributed by atoms with Crippen LogP contribution in [0.1, 0.15) is 6.92 Å². The van der Waals surface area contributed by atoms with E-state index in [4.69, 9.17) is 9.15 Å². The first-order valence-corrected chi connectivity index (χ1v) is 7.10. The highest BCUT2D eigenvalue weighted by atomic mass is 16.5. The average Bonchev–Trinajstić information content (AvgIpc) is 2.55. The van der Waals surface area contributed by atoms with Crippen LogP contribution in [0, 0.1) is 0 Å². The number of hydrogen-bond donors (Lipinski definition) is 2. The molecule has 0 aliphatic rings. The molecular formula is C16H13N3O5. The number of benzene rings is 1. The van der Waals surface area contributed by atoms with Gasteiger partial charge in [0.1, 0.15) is 17.8 Å². The van der Waals surface area contributed by atoms with E-state index in [2.05, 4.69) is 15.3 Å². The van der Waals surface area contributed by atoms with E-state index < -0.39 is 6.09 Å². The molecule has 0 atom stereocenters. The molecule has 0 aliphatic carbocycles. The molecule has 0 bridgehead atoms. The van der Waals surface area contributed by atoms with Crippen molar-refractivity contribution < 1.29 is 19.1 Å². The monoisotopic (exact) mass is 327 g/mol. The zero-order valence-electron chi connectivity index (χ0n) is 12.6. The van der Waals surface area contributed by atoms with E-state index in [9.17, 15) is 14.7 Å². The number of phenolic OH excluding ortho intramolecular Hbond substituents is 1. The number of carbonyl (C=O) groups excluding carboxylic acids is 1. The van der Waals surface area contributed by atoms with Gasteiger partial charge < -0.3 is 14.3 Å². The summed E-state index contributed by atoms with van der Waals surface area (Å²) in [4.78, 5) is 31.5. The molecule has 0 fully saturated rings. The van der Waals surface area contributed by atoms with Crippen LogP contribution in [-0.2, 0) is 4.74 Å². The SMILES string of the molecule is CCOC(=O)Nc1cccc(O)c1-c1cc(=O)c2ncncc2o1. The van der Waals surface area contributed by atoms with Gasteiger partial charge in [0.25, 0.3) is 0 Å². The molecular weight excluding hydrogens is 314 g/mol. The number of rotatable bonds is 3. The zero-order chi connectivity index (χ0) is 17.1. The minimum Gasteiger partial charge on any atom is -0.507 e. The van der Waals surface area contributed by atoms with Crippen molar-refractivity contribution in [2.24, 2.45) is 0 Å². The number of hydrogen-bond acceptors (Lipinski definition) is 7. The van der Waals surface area contributed by atoms with Gasteiger partial charge in [0, 0.05) is 6.07 Å². The summed E-state index contributed by atoms with van der Waals surface area (Å²) >= 11 is 0. The molecule has 2 aromatic heterocycles. The predicted molar refractivity (Wildman–Crippen MR) is 85.8 cm³/mol. The summed E-state index contributed by atoms with van der Waals surface area (Å²) in [6.07, 6.45) is 1.91. The Labute approximate surface area is 135 Å². The van der Waals surface area contributed by atoms with Crippen molar-refractivity contribution in [2.45, 2.75) is 6.92 Å². The fourth-order valence-corrected chi connectivity index (χ4v) is 2.22. The fraction of sp³-hybridized carbons (Fsp3) is 0.125. The minimum absolute atomic E-state index is 0.0761. The maximum atomic E-state index is 12.2. The second-order valence-corrected chi connectivity index (χ2v) is 4.76. The maximum absolute atomic E-state index is 12.2. The van der Waals surface area contributed by atoms with Crippen LogP contribution in [0.4, 0.5) is 10.5 Å². The smallest absolute Gasteiger partial charge is 0.411 e. The molecule has 1 aromatic carbocycles. The van der Waals surface area contributed by atoms with Crippen molar-refractivity contribution in [2.75, 3.05) is 11.9 Å². The summed E-state index contributed by atoms with van der Waals surface area (Å²) in [5.74, 6) is -0.0872. The Morgan fingerprint density at radius 1 is 1.42 bits per heavy atom. The quantitative estimate of drug-likeness (QED) is 0.759. The third-order valence-electron chi connectivity index (χ3n) is 3.20. The molecule has 24 heavy (non-hydrogen) atoms. The summed E-state index contributed by atoms with van der Waals surface area (Å²) in [5.41, 5.74) is 0.314. The van der Waals surface area contributed by atoms with Crippen LogP contribution < -0.4 is 10.7 Å². The van der Waals surface area contributed by atoms with Gasteiger partial charge in [-0.2, -0.15) is 0 Å². The van der Waals surface area contributed by atoms with E-state index in [0.717, 1.165) is 0 Å². The molecule has 3 rings (SSSR count). The van der Waals surface area contributed by atoms with Crippen LogP contribution in [0.15, 0.2) is 46.0 Å². The van der Waals surface area contributed by atoms with E-state index in [-0.39, 0.29) is 45.9 Å². The third-order valence-corrected chi connectivity index (χ3v) is 3.20. The van der Waals surface area contributed by atoms with Gasteiger partial charge in [-0.3, -0.25) is 10.1 Å². The van der Waals surface area contributed by atoms with Crippen LogP contribution in [0.5, 0.6) is 5.75 Å². The van der Waals surface area contributed by atoms with Crippen LogP contribution in [0.2, 0.25) is 0 Å². The van der Waals surface area contributed by atoms with Crippen molar-refractivity contribution in [3.05, 3.63) is 47.0 Å². The van der Waals surface area contributed by atoms with Gasteiger partial charge in [-0.15, -0.1) is 0 Å². The molecule has 1 amide bonds. The number of ether oxygens (including phenoxy) is 1. The maximum Gasteiger partial charge on any atom is 0.411 e. The lowest BCUT2D eigenvalue weighted by Crippen LogP contribution is -2.14. The molecule has 0 radical (unpaired) electrons. The Morgan fingerprint density at radius 2 is 2.25 bits per heavy atom. The molecule has 0 unspecified atom stereocenters. The minimum atomic E-state index is -0.684. The highest BCUT2D eigenvalue weighted by molar-refractivity contribution is 5.93. The van der Waals surface area contributed by atoms with Gasteiger partial charge in [0.2, 0.25) is 5.43 Å². The van der Waals surface area contributed by atoms with E-state index in [0.29, 0.717) is 0 Å². The first-order valence-electron chi connectivity index (χ1n) is 7.10. The van der Waals surface area contributed by atoms with Gasteiger partial charge in [-0.1, -0.05) is 6.07 Å². The molecule has 122 valence electrons. The van der Waals surface area contributed by atoms with E-state index in [1.165, 1.54) is 24.7 Å². The average molecular weight is 327 g/mol. The van der Waals surface area contributed by atoms with Crippen LogP contribution in [0.3, 0.4) is 0 Å². The van der Waals surface area contributed by atoms with E-state index >= 15 is 0 Å². The molecule has 0 saturated heterocycles. The van der Waals surface area contributed by atoms with Gasteiger partial charge in [-0.05, 0) is 19.1 Å². The lowest BCUT2D eigenvalue weighted by molar-refractivity contribution is 0.168. The molecule has 0 spiro atoms. The largest absolute Gasteiger partial charge is 0.507 e. The van der Waals surface area contributed by atoms with Crippen molar-refractivity contribution in [1.29, 1.82) is 0 Å². The molecule has 2 heterocycles. The van der Waals surface area contributed by atoms with Crippen LogP contribution >= 0.6 is 0 Å². The van der Waals surface area contributed by atoms with Crippen molar-refractivity contribution in [3.8, 4) is 17.1 Å². The molecule has 0 saturated carbocycles. The molecule has 0 aliphatic heterocycles. The van der Waals surface area contributed by atoms with Gasteiger partial charge >= 0.3 is 6.09 Å². The Kier molecular flexibility index (Phi) is 4.11. The van der Waals surface area contributed by atoms with Gasteiger partial charge in [0.05, 0.1) is 24.1 Å². The second-order valence-electron chi connectivity index (χ2n) is 4.76. The Hall–Kier alpha value is -3.42. The van der Waals surface area contributed by atoms with Gasteiger partial charge in [-0.25, -0.2) is 14.8 Å². The fourth-order valence-electron chi connectivity index (χ4n) is 2.22. The highest BCUT2D eigenvalue weighted by Crippen LogP contribution is 2.36. The number of nitrogens with zero attached hydrogens (tertiary/aromatic N) is 2. The molecule has 2 N–H and O–H groups in total. The van der Waals surface area contributed by atoms with E-state index in [1.54, 1.807) is 19.1 Å². The van der Waals surface area contributed by atoms with E-state index in [1.807, 2.05) is 0 Å². The third kappa shape index (κ3) is 2.89. The normalized spacial score (nSPS) is 10.5. The van der Waals surface area contributed by atoms with Crippen LogP contribution in [-0.4, -0.2) is 27.8 Å². The van der Waals surface area contributed by atoms with Gasteiger partial charge in [0.15, 0.2) is 11.1 Å². The highest BCUT2D eigenvalue weighted by Gasteiger charge is 2.17. The number of aromatic nitrogens is 2. The summed E-state index contributed by atoms with van der Waals surface area (Å²) in [6.45, 7) is 1.87. The lowest BCUT2D eigenvalue weighted by Gasteiger charge is -2.12. The second kappa shape index (κ2) is 6.37. The first kappa shape index (κ1) is 15.5. The number of aromatic hydroxyl groups is 1. The van der Waals surface area contributed by atoms with Crippen LogP contribution in [0.25, 0.3) is 22.4 Å². The van der Waals surface area contributed by atoms with Crippen molar-refractivity contribution in [3.63, 3.8) is 0 Å². The lowest BCUT2D eigenvalue weighted by atomic mass is 10.1. The number of amides is 1. The number of nitrogens with one attached hydrogen (secondary N) is 1. The number of anilines is 1. The Bertz CT molecular complexity index is 967. The summed E-state index contributed by atoms with van der Waals surface area (Å²) in [7, 11) is 0. The summed E-state index contributed by atoms with van der Waals surface area (Å²) in [6, 6.07) is 5.71. The number of carbonyl (C=O) groups is 1. The Morgan fingerprint density at radius 3 is 3.04 bits per heavy atom. The molecule has 8 heteroatoms. The van der Waals surface area contributed by atoms with Crippen molar-refractivity contribution >= 4 is 22.9 Å². The first-order chi connectivity index (χ1) is 11.6. The van der Waals surface area contributed by atoms with Crippen molar-refractivity contribution in [1.82, 2.24) is 9.97 Å². The predicted octanol–water partition coefficient (Wildman–Crippen LogP) is 2.52. The number of phenols is 1. The summed E-state index contributed by atoms with van der Waals surface area (Å²) in [5, 5.41) is 12.7. The zero-order valence-corrected chi connectivity index (χ0v) is 12.6. The topological polar surface area (TPSA) is 115 Å².